The number of rotatable bonds is 4. The Morgan fingerprint density at radius 1 is 0.839 bits per heavy atom. The molecule has 0 fully saturated rings. The Balaban J connectivity index is 1.53. The van der Waals surface area contributed by atoms with Gasteiger partial charge in [0.15, 0.2) is 0 Å². The van der Waals surface area contributed by atoms with Gasteiger partial charge in [0.05, 0.1) is 12.2 Å². The standard InChI is InChI=1S/C26H20ClN3O/c1-18-15-25(31)30-17-24(22-11-13-23(27)14-12-22)28-26(30)29(18)16-19-7-9-21(10-8-19)20-5-3-2-4-6-20/h2-15,17H,16H2,1H3. The molecule has 3 aromatic carbocycles. The van der Waals surface area contributed by atoms with E-state index in [0.717, 1.165) is 22.5 Å². The lowest BCUT2D eigenvalue weighted by Gasteiger charge is -2.12. The minimum absolute atomic E-state index is 0.0871. The van der Waals surface area contributed by atoms with Gasteiger partial charge in [-0.3, -0.25) is 9.20 Å². The second-order valence-corrected chi connectivity index (χ2v) is 8.01. The third kappa shape index (κ3) is 3.78. The van der Waals surface area contributed by atoms with Crippen molar-refractivity contribution >= 4 is 17.4 Å². The Bertz CT molecular complexity index is 1420. The van der Waals surface area contributed by atoms with Crippen molar-refractivity contribution in [2.45, 2.75) is 13.5 Å². The molecular weight excluding hydrogens is 406 g/mol. The largest absolute Gasteiger partial charge is 0.311 e. The van der Waals surface area contributed by atoms with E-state index in [4.69, 9.17) is 16.6 Å². The van der Waals surface area contributed by atoms with Crippen molar-refractivity contribution in [3.8, 4) is 22.4 Å². The van der Waals surface area contributed by atoms with Crippen LogP contribution in [0.15, 0.2) is 95.9 Å². The average Bonchev–Trinajstić information content (AvgIpc) is 3.24. The van der Waals surface area contributed by atoms with Crippen molar-refractivity contribution in [1.82, 2.24) is 14.0 Å². The molecular formula is C26H20ClN3O. The fourth-order valence-corrected chi connectivity index (χ4v) is 3.90. The minimum Gasteiger partial charge on any atom is -0.311 e. The SMILES string of the molecule is Cc1cc(=O)n2cc(-c3ccc(Cl)cc3)nc2n1Cc1ccc(-c2ccccc2)cc1. The molecule has 152 valence electrons. The Morgan fingerprint density at radius 3 is 2.19 bits per heavy atom. The van der Waals surface area contributed by atoms with Crippen LogP contribution in [0.1, 0.15) is 11.3 Å². The molecule has 2 heterocycles. The second kappa shape index (κ2) is 7.89. The van der Waals surface area contributed by atoms with E-state index in [2.05, 4.69) is 41.0 Å². The number of halogens is 1. The van der Waals surface area contributed by atoms with Crippen molar-refractivity contribution in [3.63, 3.8) is 0 Å². The van der Waals surface area contributed by atoms with E-state index in [9.17, 15) is 4.79 Å². The third-order valence-electron chi connectivity index (χ3n) is 5.47. The zero-order valence-electron chi connectivity index (χ0n) is 17.0. The third-order valence-corrected chi connectivity index (χ3v) is 5.72. The molecule has 0 bridgehead atoms. The van der Waals surface area contributed by atoms with E-state index in [1.54, 1.807) is 16.7 Å². The lowest BCUT2D eigenvalue weighted by molar-refractivity contribution is 0.749. The van der Waals surface area contributed by atoms with Crippen molar-refractivity contribution in [3.05, 3.63) is 118 Å². The van der Waals surface area contributed by atoms with Crippen molar-refractivity contribution < 1.29 is 0 Å². The van der Waals surface area contributed by atoms with Crippen LogP contribution in [0.4, 0.5) is 0 Å². The van der Waals surface area contributed by atoms with Crippen molar-refractivity contribution in [2.75, 3.05) is 0 Å². The quantitative estimate of drug-likeness (QED) is 0.363. The first-order valence-electron chi connectivity index (χ1n) is 10.1. The van der Waals surface area contributed by atoms with Crippen LogP contribution >= 0.6 is 11.6 Å². The molecule has 0 saturated carbocycles. The summed E-state index contributed by atoms with van der Waals surface area (Å²) in [5, 5.41) is 0.668. The molecule has 0 aliphatic rings. The molecule has 5 rings (SSSR count). The highest BCUT2D eigenvalue weighted by Gasteiger charge is 2.12. The number of imidazole rings is 1. The number of benzene rings is 3. The molecule has 0 unspecified atom stereocenters. The summed E-state index contributed by atoms with van der Waals surface area (Å²) in [5.74, 6) is 0.627. The smallest absolute Gasteiger partial charge is 0.259 e. The Labute approximate surface area is 185 Å². The van der Waals surface area contributed by atoms with E-state index in [1.165, 1.54) is 11.1 Å². The Hall–Kier alpha value is -3.63. The van der Waals surface area contributed by atoms with Crippen LogP contribution in [0.2, 0.25) is 5.02 Å². The highest BCUT2D eigenvalue weighted by molar-refractivity contribution is 6.30. The van der Waals surface area contributed by atoms with Gasteiger partial charge >= 0.3 is 0 Å². The van der Waals surface area contributed by atoms with Crippen LogP contribution in [-0.4, -0.2) is 14.0 Å². The number of nitrogens with zero attached hydrogens (tertiary/aromatic N) is 3. The van der Waals surface area contributed by atoms with E-state index < -0.39 is 0 Å². The van der Waals surface area contributed by atoms with Crippen LogP contribution in [0.5, 0.6) is 0 Å². The molecule has 31 heavy (non-hydrogen) atoms. The van der Waals surface area contributed by atoms with Gasteiger partial charge in [0.2, 0.25) is 5.78 Å². The summed E-state index contributed by atoms with van der Waals surface area (Å²) in [4.78, 5) is 17.4. The normalized spacial score (nSPS) is 11.2. The van der Waals surface area contributed by atoms with Crippen molar-refractivity contribution in [1.29, 1.82) is 0 Å². The van der Waals surface area contributed by atoms with E-state index >= 15 is 0 Å². The second-order valence-electron chi connectivity index (χ2n) is 7.58. The lowest BCUT2D eigenvalue weighted by Crippen LogP contribution is -2.19. The monoisotopic (exact) mass is 425 g/mol. The highest BCUT2D eigenvalue weighted by atomic mass is 35.5. The lowest BCUT2D eigenvalue weighted by atomic mass is 10.0. The zero-order chi connectivity index (χ0) is 21.4. The van der Waals surface area contributed by atoms with Gasteiger partial charge in [-0.05, 0) is 35.7 Å². The van der Waals surface area contributed by atoms with Gasteiger partial charge in [0, 0.05) is 28.5 Å². The summed E-state index contributed by atoms with van der Waals surface area (Å²) >= 11 is 6.01. The molecule has 4 nitrogen and oxygen atoms in total. The van der Waals surface area contributed by atoms with Gasteiger partial charge < -0.3 is 4.57 Å². The molecule has 0 atom stereocenters. The number of hydrogen-bond donors (Lipinski definition) is 0. The first-order chi connectivity index (χ1) is 15.1. The average molecular weight is 426 g/mol. The molecule has 0 saturated heterocycles. The summed E-state index contributed by atoms with van der Waals surface area (Å²) < 4.78 is 3.67. The molecule has 0 amide bonds. The van der Waals surface area contributed by atoms with E-state index in [-0.39, 0.29) is 5.56 Å². The zero-order valence-corrected chi connectivity index (χ0v) is 17.8. The van der Waals surface area contributed by atoms with Gasteiger partial charge in [0.1, 0.15) is 0 Å². The molecule has 0 aliphatic heterocycles. The maximum Gasteiger partial charge on any atom is 0.259 e. The molecule has 0 N–H and O–H groups in total. The maximum absolute atomic E-state index is 12.6. The number of hydrogen-bond acceptors (Lipinski definition) is 2. The summed E-state index contributed by atoms with van der Waals surface area (Å²) in [6.45, 7) is 2.57. The molecule has 5 aromatic rings. The first kappa shape index (κ1) is 19.3. The molecule has 0 aliphatic carbocycles. The molecule has 0 spiro atoms. The number of aryl methyl sites for hydroxylation is 1. The summed E-state index contributed by atoms with van der Waals surface area (Å²) in [5.41, 5.74) is 5.96. The Morgan fingerprint density at radius 2 is 1.48 bits per heavy atom. The van der Waals surface area contributed by atoms with E-state index in [1.807, 2.05) is 49.4 Å². The molecule has 2 aromatic heterocycles. The molecule has 5 heteroatoms. The molecule has 0 radical (unpaired) electrons. The maximum atomic E-state index is 12.6. The van der Waals surface area contributed by atoms with Crippen LogP contribution in [-0.2, 0) is 6.54 Å². The topological polar surface area (TPSA) is 39.3 Å². The number of fused-ring (bicyclic) bond motifs is 1. The summed E-state index contributed by atoms with van der Waals surface area (Å²) in [6, 6.07) is 27.9. The number of aromatic nitrogens is 3. The van der Waals surface area contributed by atoms with Crippen LogP contribution in [0.25, 0.3) is 28.2 Å². The van der Waals surface area contributed by atoms with Gasteiger partial charge in [-0.25, -0.2) is 4.98 Å². The van der Waals surface area contributed by atoms with Crippen LogP contribution in [0, 0.1) is 6.92 Å². The Kier molecular flexibility index (Phi) is 4.92. The first-order valence-corrected chi connectivity index (χ1v) is 10.5. The van der Waals surface area contributed by atoms with Crippen molar-refractivity contribution in [2.24, 2.45) is 0 Å². The van der Waals surface area contributed by atoms with Gasteiger partial charge in [0.25, 0.3) is 5.56 Å². The fourth-order valence-electron chi connectivity index (χ4n) is 3.78. The van der Waals surface area contributed by atoms with Gasteiger partial charge in [-0.1, -0.05) is 78.3 Å². The summed E-state index contributed by atoms with van der Waals surface area (Å²) in [7, 11) is 0. The van der Waals surface area contributed by atoms with E-state index in [0.29, 0.717) is 17.3 Å². The van der Waals surface area contributed by atoms with Crippen LogP contribution in [0.3, 0.4) is 0 Å². The van der Waals surface area contributed by atoms with Gasteiger partial charge in [-0.2, -0.15) is 0 Å². The minimum atomic E-state index is -0.0871. The predicted molar refractivity (Wildman–Crippen MR) is 126 cm³/mol. The summed E-state index contributed by atoms with van der Waals surface area (Å²) in [6.07, 6.45) is 1.79. The van der Waals surface area contributed by atoms with Gasteiger partial charge in [-0.15, -0.1) is 0 Å². The predicted octanol–water partition coefficient (Wildman–Crippen LogP) is 5.84. The fraction of sp³-hybridized carbons (Fsp3) is 0.0769. The van der Waals surface area contributed by atoms with Crippen LogP contribution < -0.4 is 5.56 Å². The highest BCUT2D eigenvalue weighted by Crippen LogP contribution is 2.23.